The molecule has 2 aliphatic carbocycles. The lowest BCUT2D eigenvalue weighted by molar-refractivity contribution is 0.0951. The maximum atomic E-state index is 12.4. The molecule has 2 aromatic rings. The van der Waals surface area contributed by atoms with Gasteiger partial charge in [0.25, 0.3) is 5.91 Å². The Kier molecular flexibility index (Phi) is 4.57. The smallest absolute Gasteiger partial charge is 0.251 e. The molecule has 1 amide bonds. The highest BCUT2D eigenvalue weighted by molar-refractivity contribution is 5.94. The average molecular weight is 355 g/mol. The third-order valence-corrected chi connectivity index (χ3v) is 5.08. The summed E-state index contributed by atoms with van der Waals surface area (Å²) >= 11 is 0. The Balaban J connectivity index is 1.38. The van der Waals surface area contributed by atoms with Gasteiger partial charge in [0.2, 0.25) is 0 Å². The highest BCUT2D eigenvalue weighted by Gasteiger charge is 2.32. The maximum absolute atomic E-state index is 12.4. The van der Waals surface area contributed by atoms with E-state index in [9.17, 15) is 4.79 Å². The summed E-state index contributed by atoms with van der Waals surface area (Å²) in [5, 5.41) is 7.76. The molecule has 1 aromatic carbocycles. The van der Waals surface area contributed by atoms with Gasteiger partial charge in [0.15, 0.2) is 11.5 Å². The molecule has 2 fully saturated rings. The lowest BCUT2D eigenvalue weighted by Gasteiger charge is -2.11. The summed E-state index contributed by atoms with van der Waals surface area (Å²) in [6, 6.07) is 7.47. The topological polar surface area (TPSA) is 65.4 Å². The van der Waals surface area contributed by atoms with Gasteiger partial charge in [-0.05, 0) is 49.9 Å². The van der Waals surface area contributed by atoms with Crippen LogP contribution in [0.5, 0.6) is 11.5 Å². The first-order chi connectivity index (χ1) is 12.7. The zero-order valence-corrected chi connectivity index (χ0v) is 15.3. The average Bonchev–Trinajstić information content (AvgIpc) is 3.59. The highest BCUT2D eigenvalue weighted by atomic mass is 16.5. The number of amides is 1. The van der Waals surface area contributed by atoms with E-state index < -0.39 is 0 Å². The zero-order valence-electron chi connectivity index (χ0n) is 15.3. The van der Waals surface area contributed by atoms with Crippen LogP contribution in [0.1, 0.15) is 59.3 Å². The summed E-state index contributed by atoms with van der Waals surface area (Å²) in [6.07, 6.45) is 5.04. The molecule has 0 saturated heterocycles. The second-order valence-corrected chi connectivity index (χ2v) is 7.09. The monoisotopic (exact) mass is 355 g/mol. The van der Waals surface area contributed by atoms with Crippen LogP contribution in [0.25, 0.3) is 0 Å². The van der Waals surface area contributed by atoms with Crippen LogP contribution >= 0.6 is 0 Å². The molecule has 138 valence electrons. The van der Waals surface area contributed by atoms with Crippen LogP contribution in [0.4, 0.5) is 0 Å². The van der Waals surface area contributed by atoms with E-state index >= 15 is 0 Å². The van der Waals surface area contributed by atoms with Crippen molar-refractivity contribution < 1.29 is 14.3 Å². The molecule has 1 N–H and O–H groups in total. The quantitative estimate of drug-likeness (QED) is 0.790. The summed E-state index contributed by atoms with van der Waals surface area (Å²) in [4.78, 5) is 12.4. The minimum absolute atomic E-state index is 0.117. The Labute approximate surface area is 153 Å². The molecule has 6 heteroatoms. The number of ether oxygens (including phenoxy) is 2. The van der Waals surface area contributed by atoms with Crippen LogP contribution < -0.4 is 14.8 Å². The van der Waals surface area contributed by atoms with E-state index in [-0.39, 0.29) is 5.91 Å². The first kappa shape index (κ1) is 16.9. The van der Waals surface area contributed by atoms with Crippen LogP contribution in [-0.2, 0) is 6.54 Å². The number of carbonyl (C=O) groups excluding carboxylic acids is 1. The molecule has 0 bridgehead atoms. The Hall–Kier alpha value is -2.50. The fourth-order valence-electron chi connectivity index (χ4n) is 3.27. The largest absolute Gasteiger partial charge is 0.493 e. The van der Waals surface area contributed by atoms with Crippen molar-refractivity contribution in [2.75, 3.05) is 20.8 Å². The van der Waals surface area contributed by atoms with Gasteiger partial charge in [-0.3, -0.25) is 9.48 Å². The molecule has 26 heavy (non-hydrogen) atoms. The summed E-state index contributed by atoms with van der Waals surface area (Å²) in [7, 11) is 3.14. The van der Waals surface area contributed by atoms with Gasteiger partial charge in [0.1, 0.15) is 0 Å². The molecule has 0 spiro atoms. The van der Waals surface area contributed by atoms with Gasteiger partial charge in [0, 0.05) is 29.6 Å². The highest BCUT2D eigenvalue weighted by Crippen LogP contribution is 2.44. The molecule has 2 aliphatic rings. The Morgan fingerprint density at radius 1 is 1.12 bits per heavy atom. The predicted octanol–water partition coefficient (Wildman–Crippen LogP) is 3.09. The number of hydrogen-bond donors (Lipinski definition) is 1. The van der Waals surface area contributed by atoms with E-state index in [1.54, 1.807) is 32.4 Å². The molecule has 2 saturated carbocycles. The van der Waals surface area contributed by atoms with Crippen molar-refractivity contribution in [3.63, 3.8) is 0 Å². The molecular weight excluding hydrogens is 330 g/mol. The number of aromatic nitrogens is 2. The zero-order chi connectivity index (χ0) is 18.1. The van der Waals surface area contributed by atoms with Crippen molar-refractivity contribution in [2.45, 2.75) is 44.1 Å². The van der Waals surface area contributed by atoms with E-state index in [2.05, 4.69) is 16.1 Å². The molecule has 6 nitrogen and oxygen atoms in total. The number of methoxy groups -OCH3 is 2. The molecular formula is C20H25N3O3. The van der Waals surface area contributed by atoms with Crippen molar-refractivity contribution >= 4 is 5.91 Å². The van der Waals surface area contributed by atoms with E-state index in [0.717, 1.165) is 0 Å². The number of hydrogen-bond acceptors (Lipinski definition) is 4. The SMILES string of the molecule is COc1ccc(C(=O)NCCn2nc(C3CC3)cc2C2CC2)cc1OC. The van der Waals surface area contributed by atoms with Crippen LogP contribution in [0.3, 0.4) is 0 Å². The van der Waals surface area contributed by atoms with Crippen molar-refractivity contribution in [3.8, 4) is 11.5 Å². The van der Waals surface area contributed by atoms with Gasteiger partial charge < -0.3 is 14.8 Å². The summed E-state index contributed by atoms with van der Waals surface area (Å²) < 4.78 is 12.6. The van der Waals surface area contributed by atoms with E-state index in [0.29, 0.717) is 42.0 Å². The number of nitrogens with zero attached hydrogens (tertiary/aromatic N) is 2. The standard InChI is InChI=1S/C20H25N3O3/c1-25-18-8-7-15(11-19(18)26-2)20(24)21-9-10-23-17(14-5-6-14)12-16(22-23)13-3-4-13/h7-8,11-14H,3-6,9-10H2,1-2H3,(H,21,24). The van der Waals surface area contributed by atoms with Gasteiger partial charge in [0.05, 0.1) is 26.5 Å². The Morgan fingerprint density at radius 3 is 2.50 bits per heavy atom. The van der Waals surface area contributed by atoms with E-state index in [1.165, 1.54) is 37.1 Å². The summed E-state index contributed by atoms with van der Waals surface area (Å²) in [5.74, 6) is 2.37. The lowest BCUT2D eigenvalue weighted by atomic mass is 10.2. The van der Waals surface area contributed by atoms with Crippen molar-refractivity contribution in [3.05, 3.63) is 41.2 Å². The van der Waals surface area contributed by atoms with Gasteiger partial charge in [-0.1, -0.05) is 0 Å². The minimum atomic E-state index is -0.117. The van der Waals surface area contributed by atoms with Gasteiger partial charge >= 0.3 is 0 Å². The fourth-order valence-corrected chi connectivity index (χ4v) is 3.27. The molecule has 4 rings (SSSR count). The van der Waals surface area contributed by atoms with Gasteiger partial charge in [-0.25, -0.2) is 0 Å². The Morgan fingerprint density at radius 2 is 1.85 bits per heavy atom. The van der Waals surface area contributed by atoms with Crippen LogP contribution in [-0.4, -0.2) is 36.5 Å². The summed E-state index contributed by atoms with van der Waals surface area (Å²) in [5.41, 5.74) is 3.13. The maximum Gasteiger partial charge on any atom is 0.251 e. The molecule has 0 atom stereocenters. The third-order valence-electron chi connectivity index (χ3n) is 5.08. The molecule has 0 unspecified atom stereocenters. The number of rotatable bonds is 8. The molecule has 1 aromatic heterocycles. The van der Waals surface area contributed by atoms with Crippen molar-refractivity contribution in [1.82, 2.24) is 15.1 Å². The van der Waals surface area contributed by atoms with Crippen LogP contribution in [0, 0.1) is 0 Å². The number of benzene rings is 1. The normalized spacial score (nSPS) is 16.4. The summed E-state index contributed by atoms with van der Waals surface area (Å²) in [6.45, 7) is 1.26. The first-order valence-electron chi connectivity index (χ1n) is 9.27. The van der Waals surface area contributed by atoms with Crippen molar-refractivity contribution in [2.24, 2.45) is 0 Å². The van der Waals surface area contributed by atoms with Gasteiger partial charge in [-0.15, -0.1) is 0 Å². The molecule has 0 radical (unpaired) electrons. The van der Waals surface area contributed by atoms with E-state index in [1.807, 2.05) is 0 Å². The Bertz CT molecular complexity index is 807. The molecule has 1 heterocycles. The minimum Gasteiger partial charge on any atom is -0.493 e. The van der Waals surface area contributed by atoms with Crippen LogP contribution in [0.15, 0.2) is 24.3 Å². The first-order valence-corrected chi connectivity index (χ1v) is 9.27. The van der Waals surface area contributed by atoms with Gasteiger partial charge in [-0.2, -0.15) is 5.10 Å². The fraction of sp³-hybridized carbons (Fsp3) is 0.500. The van der Waals surface area contributed by atoms with Crippen molar-refractivity contribution in [1.29, 1.82) is 0 Å². The second kappa shape index (κ2) is 7.02. The van der Waals surface area contributed by atoms with E-state index in [4.69, 9.17) is 14.6 Å². The van der Waals surface area contributed by atoms with Crippen LogP contribution in [0.2, 0.25) is 0 Å². The number of carbonyl (C=O) groups is 1. The number of nitrogens with one attached hydrogen (secondary N) is 1. The second-order valence-electron chi connectivity index (χ2n) is 7.09. The third kappa shape index (κ3) is 3.54. The lowest BCUT2D eigenvalue weighted by Crippen LogP contribution is -2.28. The predicted molar refractivity (Wildman–Crippen MR) is 98.1 cm³/mol. The molecule has 0 aliphatic heterocycles.